The van der Waals surface area contributed by atoms with E-state index in [0.717, 1.165) is 25.9 Å². The second-order valence-corrected chi connectivity index (χ2v) is 6.99. The molecule has 0 amide bonds. The van der Waals surface area contributed by atoms with E-state index in [2.05, 4.69) is 5.32 Å². The number of halogens is 3. The van der Waals surface area contributed by atoms with Gasteiger partial charge < -0.3 is 5.32 Å². The Kier molecular flexibility index (Phi) is 5.10. The van der Waals surface area contributed by atoms with Crippen LogP contribution in [0.4, 0.5) is 18.9 Å². The molecule has 0 radical (unpaired) electrons. The molecule has 0 spiro atoms. The zero-order valence-electron chi connectivity index (χ0n) is 11.3. The molecule has 1 fully saturated rings. The normalized spacial score (nSPS) is 16.9. The van der Waals surface area contributed by atoms with Gasteiger partial charge >= 0.3 is 0 Å². The van der Waals surface area contributed by atoms with Gasteiger partial charge in [-0.1, -0.05) is 0 Å². The lowest BCUT2D eigenvalue weighted by Crippen LogP contribution is -2.29. The minimum absolute atomic E-state index is 0.199. The Bertz CT molecular complexity index is 602. The van der Waals surface area contributed by atoms with Gasteiger partial charge in [0.25, 0.3) is 0 Å². The lowest BCUT2D eigenvalue weighted by molar-refractivity contribution is 0.365. The van der Waals surface area contributed by atoms with E-state index in [1.807, 2.05) is 4.72 Å². The van der Waals surface area contributed by atoms with Gasteiger partial charge in [-0.3, -0.25) is 4.72 Å². The van der Waals surface area contributed by atoms with Crippen molar-refractivity contribution in [3.63, 3.8) is 0 Å². The lowest BCUT2D eigenvalue weighted by atomic mass is 9.96. The van der Waals surface area contributed by atoms with Crippen LogP contribution in [0.1, 0.15) is 19.3 Å². The first-order valence-electron chi connectivity index (χ1n) is 6.73. The average Bonchev–Trinajstić information content (AvgIpc) is 2.43. The number of hydrogen-bond acceptors (Lipinski definition) is 3. The minimum atomic E-state index is -3.83. The van der Waals surface area contributed by atoms with Crippen LogP contribution in [0.5, 0.6) is 0 Å². The molecule has 4 nitrogen and oxygen atoms in total. The Morgan fingerprint density at radius 1 is 1.19 bits per heavy atom. The van der Waals surface area contributed by atoms with Crippen LogP contribution in [0.25, 0.3) is 0 Å². The number of benzene rings is 1. The van der Waals surface area contributed by atoms with Crippen molar-refractivity contribution in [2.45, 2.75) is 19.3 Å². The van der Waals surface area contributed by atoms with E-state index in [4.69, 9.17) is 0 Å². The van der Waals surface area contributed by atoms with E-state index in [0.29, 0.717) is 18.6 Å². The summed E-state index contributed by atoms with van der Waals surface area (Å²) in [7, 11) is -3.83. The number of hydrogen-bond donors (Lipinski definition) is 2. The van der Waals surface area contributed by atoms with Crippen LogP contribution < -0.4 is 10.0 Å². The van der Waals surface area contributed by atoms with Gasteiger partial charge in [0.15, 0.2) is 11.6 Å². The molecule has 1 saturated heterocycles. The molecule has 1 heterocycles. The maximum Gasteiger partial charge on any atom is 0.232 e. The molecular weight excluding hydrogens is 305 g/mol. The van der Waals surface area contributed by atoms with E-state index < -0.39 is 33.2 Å². The van der Waals surface area contributed by atoms with Gasteiger partial charge in [-0.2, -0.15) is 0 Å². The van der Waals surface area contributed by atoms with Gasteiger partial charge in [-0.25, -0.2) is 21.6 Å². The zero-order chi connectivity index (χ0) is 15.5. The van der Waals surface area contributed by atoms with Crippen LogP contribution in [-0.4, -0.2) is 27.3 Å². The molecule has 0 aliphatic carbocycles. The summed E-state index contributed by atoms with van der Waals surface area (Å²) in [6.07, 6.45) is 2.22. The van der Waals surface area contributed by atoms with Crippen LogP contribution in [0.15, 0.2) is 12.1 Å². The fourth-order valence-corrected chi connectivity index (χ4v) is 3.57. The SMILES string of the molecule is O=S(=O)(CCC1CCNCC1)Nc1cc(F)cc(F)c1F. The molecule has 0 unspecified atom stereocenters. The molecule has 21 heavy (non-hydrogen) atoms. The van der Waals surface area contributed by atoms with Gasteiger partial charge in [0.1, 0.15) is 5.82 Å². The second-order valence-electron chi connectivity index (χ2n) is 5.15. The van der Waals surface area contributed by atoms with Crippen LogP contribution in [0.3, 0.4) is 0 Å². The van der Waals surface area contributed by atoms with Crippen molar-refractivity contribution in [1.29, 1.82) is 0 Å². The summed E-state index contributed by atoms with van der Waals surface area (Å²) in [5.41, 5.74) is -0.696. The second kappa shape index (κ2) is 6.65. The molecule has 1 aromatic carbocycles. The van der Waals surface area contributed by atoms with Crippen molar-refractivity contribution in [3.8, 4) is 0 Å². The molecular formula is C13H17F3N2O2S. The topological polar surface area (TPSA) is 58.2 Å². The van der Waals surface area contributed by atoms with E-state index in [-0.39, 0.29) is 11.7 Å². The predicted molar refractivity (Wildman–Crippen MR) is 73.9 cm³/mol. The summed E-state index contributed by atoms with van der Waals surface area (Å²) in [5.74, 6) is -3.77. The summed E-state index contributed by atoms with van der Waals surface area (Å²) < 4.78 is 65.1. The summed E-state index contributed by atoms with van der Waals surface area (Å²) >= 11 is 0. The van der Waals surface area contributed by atoms with E-state index in [9.17, 15) is 21.6 Å². The smallest absolute Gasteiger partial charge is 0.232 e. The summed E-state index contributed by atoms with van der Waals surface area (Å²) in [6, 6.07) is 0.989. The molecule has 0 atom stereocenters. The number of anilines is 1. The third-order valence-corrected chi connectivity index (χ3v) is 4.82. The molecule has 0 saturated carbocycles. The fraction of sp³-hybridized carbons (Fsp3) is 0.538. The maximum absolute atomic E-state index is 13.4. The molecule has 118 valence electrons. The van der Waals surface area contributed by atoms with E-state index in [1.54, 1.807) is 0 Å². The largest absolute Gasteiger partial charge is 0.317 e. The Balaban J connectivity index is 2.00. The highest BCUT2D eigenvalue weighted by molar-refractivity contribution is 7.92. The van der Waals surface area contributed by atoms with Crippen LogP contribution in [0, 0.1) is 23.4 Å². The van der Waals surface area contributed by atoms with Gasteiger partial charge in [0, 0.05) is 12.1 Å². The summed E-state index contributed by atoms with van der Waals surface area (Å²) in [4.78, 5) is 0. The molecule has 1 aliphatic rings. The van der Waals surface area contributed by atoms with Crippen molar-refractivity contribution in [3.05, 3.63) is 29.6 Å². The molecule has 0 aromatic heterocycles. The highest BCUT2D eigenvalue weighted by atomic mass is 32.2. The van der Waals surface area contributed by atoms with Gasteiger partial charge in [0.2, 0.25) is 10.0 Å². The Morgan fingerprint density at radius 3 is 2.52 bits per heavy atom. The fourth-order valence-electron chi connectivity index (χ4n) is 2.34. The van der Waals surface area contributed by atoms with Crippen LogP contribution in [-0.2, 0) is 10.0 Å². The number of sulfonamides is 1. The Morgan fingerprint density at radius 2 is 1.86 bits per heavy atom. The van der Waals surface area contributed by atoms with Crippen molar-refractivity contribution in [2.24, 2.45) is 5.92 Å². The third kappa shape index (κ3) is 4.60. The van der Waals surface area contributed by atoms with Gasteiger partial charge in [0.05, 0.1) is 11.4 Å². The van der Waals surface area contributed by atoms with E-state index >= 15 is 0 Å². The first kappa shape index (κ1) is 16.1. The van der Waals surface area contributed by atoms with Crippen molar-refractivity contribution >= 4 is 15.7 Å². The standard InChI is InChI=1S/C13H17F3N2O2S/c14-10-7-11(15)13(16)12(8-10)18-21(19,20)6-3-9-1-4-17-5-2-9/h7-9,17-18H,1-6H2. The molecule has 8 heteroatoms. The summed E-state index contributed by atoms with van der Waals surface area (Å²) in [6.45, 7) is 1.70. The van der Waals surface area contributed by atoms with Gasteiger partial charge in [-0.05, 0) is 38.3 Å². The highest BCUT2D eigenvalue weighted by Gasteiger charge is 2.20. The highest BCUT2D eigenvalue weighted by Crippen LogP contribution is 2.22. The van der Waals surface area contributed by atoms with E-state index in [1.165, 1.54) is 0 Å². The van der Waals surface area contributed by atoms with Gasteiger partial charge in [-0.15, -0.1) is 0 Å². The quantitative estimate of drug-likeness (QED) is 0.818. The van der Waals surface area contributed by atoms with Crippen molar-refractivity contribution < 1.29 is 21.6 Å². The summed E-state index contributed by atoms with van der Waals surface area (Å²) in [5, 5.41) is 3.17. The van der Waals surface area contributed by atoms with Crippen molar-refractivity contribution in [2.75, 3.05) is 23.6 Å². The lowest BCUT2D eigenvalue weighted by Gasteiger charge is -2.22. The number of piperidine rings is 1. The average molecular weight is 322 g/mol. The molecule has 1 aromatic rings. The van der Waals surface area contributed by atoms with Crippen LogP contribution >= 0.6 is 0 Å². The first-order chi connectivity index (χ1) is 9.87. The maximum atomic E-state index is 13.4. The Labute approximate surface area is 121 Å². The molecule has 2 rings (SSSR count). The molecule has 2 N–H and O–H groups in total. The minimum Gasteiger partial charge on any atom is -0.317 e. The van der Waals surface area contributed by atoms with Crippen LogP contribution in [0.2, 0.25) is 0 Å². The third-order valence-electron chi connectivity index (χ3n) is 3.51. The Hall–Kier alpha value is -1.28. The zero-order valence-corrected chi connectivity index (χ0v) is 12.1. The first-order valence-corrected chi connectivity index (χ1v) is 8.38. The predicted octanol–water partition coefficient (Wildman–Crippen LogP) is 2.24. The molecule has 0 bridgehead atoms. The monoisotopic (exact) mass is 322 g/mol. The molecule has 1 aliphatic heterocycles. The number of nitrogens with one attached hydrogen (secondary N) is 2. The van der Waals surface area contributed by atoms with Crippen molar-refractivity contribution in [1.82, 2.24) is 5.32 Å². The number of rotatable bonds is 5.